The third-order valence-corrected chi connectivity index (χ3v) is 8.62. The highest BCUT2D eigenvalue weighted by Gasteiger charge is 2.35. The van der Waals surface area contributed by atoms with Gasteiger partial charge in [-0.15, -0.1) is 11.3 Å². The molecule has 0 spiro atoms. The van der Waals surface area contributed by atoms with Crippen LogP contribution in [0.25, 0.3) is 0 Å². The summed E-state index contributed by atoms with van der Waals surface area (Å²) in [6.45, 7) is 4.18. The van der Waals surface area contributed by atoms with Crippen molar-refractivity contribution in [3.63, 3.8) is 0 Å². The van der Waals surface area contributed by atoms with Gasteiger partial charge < -0.3 is 14.7 Å². The molecular weight excluding hydrogens is 494 g/mol. The lowest BCUT2D eigenvalue weighted by Gasteiger charge is -2.43. The van der Waals surface area contributed by atoms with Gasteiger partial charge in [0.25, 0.3) is 5.91 Å². The number of fused-ring (bicyclic) bond motifs is 3. The van der Waals surface area contributed by atoms with Gasteiger partial charge in [0.2, 0.25) is 5.91 Å². The number of hydrogen-bond acceptors (Lipinski definition) is 6. The van der Waals surface area contributed by atoms with Crippen molar-refractivity contribution in [2.24, 2.45) is 0 Å². The number of piperidine rings is 1. The van der Waals surface area contributed by atoms with E-state index in [9.17, 15) is 9.59 Å². The molecule has 3 aromatic rings. The Labute approximate surface area is 229 Å². The van der Waals surface area contributed by atoms with E-state index in [0.717, 1.165) is 54.2 Å². The average molecular weight is 532 g/mol. The van der Waals surface area contributed by atoms with Crippen LogP contribution in [0.4, 0.5) is 11.4 Å². The number of para-hydroxylation sites is 1. The zero-order chi connectivity index (χ0) is 26.6. The maximum atomic E-state index is 14.1. The van der Waals surface area contributed by atoms with Crippen molar-refractivity contribution >= 4 is 34.5 Å². The zero-order valence-electron chi connectivity index (χ0n) is 22.5. The van der Waals surface area contributed by atoms with Gasteiger partial charge in [-0.05, 0) is 49.1 Å². The van der Waals surface area contributed by atoms with Crippen LogP contribution in [0.3, 0.4) is 0 Å². The van der Waals surface area contributed by atoms with Crippen LogP contribution in [0, 0.1) is 0 Å². The Morgan fingerprint density at radius 2 is 1.87 bits per heavy atom. The molecule has 7 nitrogen and oxygen atoms in total. The van der Waals surface area contributed by atoms with Gasteiger partial charge in [0.15, 0.2) is 0 Å². The molecule has 2 aliphatic heterocycles. The van der Waals surface area contributed by atoms with Crippen molar-refractivity contribution in [3.8, 4) is 0 Å². The van der Waals surface area contributed by atoms with Crippen molar-refractivity contribution in [2.45, 2.75) is 57.8 Å². The molecule has 1 aromatic heterocycles. The van der Waals surface area contributed by atoms with Crippen LogP contribution >= 0.6 is 11.3 Å². The molecule has 2 amide bonds. The van der Waals surface area contributed by atoms with Crippen LogP contribution in [0.15, 0.2) is 60.1 Å². The van der Waals surface area contributed by atoms with Crippen molar-refractivity contribution in [2.75, 3.05) is 37.0 Å². The van der Waals surface area contributed by atoms with Gasteiger partial charge in [-0.1, -0.05) is 30.7 Å². The Bertz CT molecular complexity index is 1260. The molecule has 1 fully saturated rings. The standard InChI is InChI=1S/C30H37N5O2S/c1-22(36)34-16-14-25-10-7-12-27(35(25)21-29-31-15-17-38-29)20-33(19-24-8-4-5-13-28(24)34)30(37)23-9-6-11-26(18-23)32(2)3/h4-6,8-9,11,13,15,17-18,25,27H,7,10,12,14,16,19-21H2,1-3H3. The van der Waals surface area contributed by atoms with E-state index in [0.29, 0.717) is 31.2 Å². The second kappa shape index (κ2) is 11.7. The summed E-state index contributed by atoms with van der Waals surface area (Å²) >= 11 is 1.68. The van der Waals surface area contributed by atoms with Gasteiger partial charge in [0.05, 0.1) is 6.54 Å². The normalized spacial score (nSPS) is 20.4. The van der Waals surface area contributed by atoms with Crippen LogP contribution in [0.2, 0.25) is 0 Å². The van der Waals surface area contributed by atoms with Crippen molar-refractivity contribution in [3.05, 3.63) is 76.2 Å². The van der Waals surface area contributed by atoms with E-state index in [4.69, 9.17) is 0 Å². The second-order valence-corrected chi connectivity index (χ2v) is 11.5. The molecular formula is C30H37N5O2S. The van der Waals surface area contributed by atoms with Crippen LogP contribution < -0.4 is 9.80 Å². The van der Waals surface area contributed by atoms with E-state index < -0.39 is 0 Å². The van der Waals surface area contributed by atoms with E-state index in [2.05, 4.69) is 16.0 Å². The number of hydrogen-bond donors (Lipinski definition) is 0. The number of amides is 2. The fraction of sp³-hybridized carbons (Fsp3) is 0.433. The molecule has 2 unspecified atom stereocenters. The first-order chi connectivity index (χ1) is 18.4. The molecule has 1 saturated heterocycles. The molecule has 38 heavy (non-hydrogen) atoms. The number of rotatable bonds is 4. The third kappa shape index (κ3) is 5.76. The first-order valence-corrected chi connectivity index (χ1v) is 14.4. The highest BCUT2D eigenvalue weighted by Crippen LogP contribution is 2.32. The summed E-state index contributed by atoms with van der Waals surface area (Å²) in [4.78, 5) is 40.1. The van der Waals surface area contributed by atoms with Gasteiger partial charge in [-0.2, -0.15) is 0 Å². The van der Waals surface area contributed by atoms with Crippen molar-refractivity contribution < 1.29 is 9.59 Å². The summed E-state index contributed by atoms with van der Waals surface area (Å²) < 4.78 is 0. The summed E-state index contributed by atoms with van der Waals surface area (Å²) in [6, 6.07) is 16.5. The number of aromatic nitrogens is 1. The van der Waals surface area contributed by atoms with Crippen molar-refractivity contribution in [1.29, 1.82) is 0 Å². The lowest BCUT2D eigenvalue weighted by molar-refractivity contribution is -0.116. The molecule has 2 aromatic carbocycles. The molecule has 3 heterocycles. The molecule has 0 aliphatic carbocycles. The van der Waals surface area contributed by atoms with Gasteiger partial charge in [0.1, 0.15) is 5.01 Å². The van der Waals surface area contributed by atoms with Gasteiger partial charge >= 0.3 is 0 Å². The fourth-order valence-electron chi connectivity index (χ4n) is 5.88. The van der Waals surface area contributed by atoms with E-state index in [1.54, 1.807) is 18.3 Å². The van der Waals surface area contributed by atoms with Crippen LogP contribution in [0.5, 0.6) is 0 Å². The SMILES string of the molecule is CC(=O)N1CCC2CCCC(CN(C(=O)c3cccc(N(C)C)c3)Cc3ccccc31)N2Cc1nccs1. The smallest absolute Gasteiger partial charge is 0.254 e. The average Bonchev–Trinajstić information content (AvgIpc) is 3.43. The zero-order valence-corrected chi connectivity index (χ0v) is 23.4. The minimum absolute atomic E-state index is 0.0217. The van der Waals surface area contributed by atoms with Crippen LogP contribution in [-0.2, 0) is 17.9 Å². The maximum absolute atomic E-state index is 14.1. The summed E-state index contributed by atoms with van der Waals surface area (Å²) in [6.07, 6.45) is 6.02. The molecule has 2 atom stereocenters. The van der Waals surface area contributed by atoms with Crippen LogP contribution in [-0.4, -0.2) is 65.9 Å². The van der Waals surface area contributed by atoms with E-state index in [1.807, 2.05) is 82.8 Å². The minimum atomic E-state index is 0.0217. The number of benzene rings is 2. The first-order valence-electron chi connectivity index (χ1n) is 13.5. The Kier molecular flexibility index (Phi) is 8.09. The first kappa shape index (κ1) is 26.4. The number of nitrogens with zero attached hydrogens (tertiary/aromatic N) is 5. The maximum Gasteiger partial charge on any atom is 0.254 e. The monoisotopic (exact) mass is 531 g/mol. The Hall–Kier alpha value is -3.23. The highest BCUT2D eigenvalue weighted by atomic mass is 32.1. The number of carbonyl (C=O) groups excluding carboxylic acids is 2. The third-order valence-electron chi connectivity index (χ3n) is 7.85. The molecule has 0 saturated carbocycles. The number of anilines is 2. The lowest BCUT2D eigenvalue weighted by atomic mass is 9.92. The summed E-state index contributed by atoms with van der Waals surface area (Å²) in [7, 11) is 3.98. The lowest BCUT2D eigenvalue weighted by Crippen LogP contribution is -2.52. The molecule has 8 heteroatoms. The Morgan fingerprint density at radius 1 is 1.05 bits per heavy atom. The number of thiazole rings is 1. The molecule has 5 rings (SSSR count). The topological polar surface area (TPSA) is 60.0 Å². The Morgan fingerprint density at radius 3 is 2.63 bits per heavy atom. The van der Waals surface area contributed by atoms with Gasteiger partial charge in [-0.3, -0.25) is 14.5 Å². The second-order valence-electron chi connectivity index (χ2n) is 10.6. The highest BCUT2D eigenvalue weighted by molar-refractivity contribution is 7.09. The van der Waals surface area contributed by atoms with E-state index in [1.165, 1.54) is 0 Å². The molecule has 2 bridgehead atoms. The van der Waals surface area contributed by atoms with E-state index >= 15 is 0 Å². The molecule has 2 aliphatic rings. The summed E-state index contributed by atoms with van der Waals surface area (Å²) in [5.74, 6) is 0.0561. The minimum Gasteiger partial charge on any atom is -0.378 e. The fourth-order valence-corrected chi connectivity index (χ4v) is 6.51. The van der Waals surface area contributed by atoms with Crippen molar-refractivity contribution in [1.82, 2.24) is 14.8 Å². The van der Waals surface area contributed by atoms with E-state index in [-0.39, 0.29) is 17.9 Å². The molecule has 0 N–H and O–H groups in total. The predicted octanol–water partition coefficient (Wildman–Crippen LogP) is 5.03. The quantitative estimate of drug-likeness (QED) is 0.473. The van der Waals surface area contributed by atoms with Crippen LogP contribution in [0.1, 0.15) is 53.5 Å². The van der Waals surface area contributed by atoms with Gasteiger partial charge in [-0.25, -0.2) is 4.98 Å². The Balaban J connectivity index is 1.56. The summed E-state index contributed by atoms with van der Waals surface area (Å²) in [5, 5.41) is 3.12. The van der Waals surface area contributed by atoms with Gasteiger partial charge in [0, 0.05) is 81.3 Å². The summed E-state index contributed by atoms with van der Waals surface area (Å²) in [5.41, 5.74) is 3.59. The molecule has 200 valence electrons. The predicted molar refractivity (Wildman–Crippen MR) is 154 cm³/mol. The largest absolute Gasteiger partial charge is 0.378 e. The number of carbonyl (C=O) groups is 2. The molecule has 0 radical (unpaired) electrons.